The third-order valence-electron chi connectivity index (χ3n) is 4.91. The van der Waals surface area contributed by atoms with Gasteiger partial charge in [-0.25, -0.2) is 13.4 Å². The van der Waals surface area contributed by atoms with Crippen molar-refractivity contribution in [1.82, 2.24) is 9.29 Å². The van der Waals surface area contributed by atoms with Gasteiger partial charge in [0.1, 0.15) is 6.04 Å². The van der Waals surface area contributed by atoms with Crippen molar-refractivity contribution in [3.05, 3.63) is 54.1 Å². The summed E-state index contributed by atoms with van der Waals surface area (Å²) >= 11 is 1.39. The van der Waals surface area contributed by atoms with E-state index in [0.29, 0.717) is 18.1 Å². The molecule has 3 aromatic rings. The van der Waals surface area contributed by atoms with Crippen LogP contribution in [-0.4, -0.2) is 36.2 Å². The molecule has 1 atom stereocenters. The molecule has 0 radical (unpaired) electrons. The Balaban J connectivity index is 1.59. The van der Waals surface area contributed by atoms with Crippen LogP contribution in [0.4, 0.5) is 5.13 Å². The van der Waals surface area contributed by atoms with Crippen LogP contribution in [0.5, 0.6) is 0 Å². The topological polar surface area (TPSA) is 79.4 Å². The van der Waals surface area contributed by atoms with Gasteiger partial charge in [0, 0.05) is 6.54 Å². The molecule has 0 saturated carbocycles. The van der Waals surface area contributed by atoms with Gasteiger partial charge in [-0.15, -0.1) is 0 Å². The van der Waals surface area contributed by atoms with E-state index >= 15 is 0 Å². The average Bonchev–Trinajstić information content (AvgIpc) is 3.10. The maximum Gasteiger partial charge on any atom is 0.244 e. The number of thiazole rings is 1. The van der Waals surface area contributed by atoms with Crippen molar-refractivity contribution >= 4 is 42.6 Å². The lowest BCUT2D eigenvalue weighted by Crippen LogP contribution is -2.49. The van der Waals surface area contributed by atoms with E-state index in [9.17, 15) is 13.2 Å². The summed E-state index contributed by atoms with van der Waals surface area (Å²) < 4.78 is 28.6. The summed E-state index contributed by atoms with van der Waals surface area (Å²) in [5.74, 6) is -0.325. The van der Waals surface area contributed by atoms with Gasteiger partial charge in [-0.1, -0.05) is 47.6 Å². The van der Waals surface area contributed by atoms with Crippen LogP contribution in [0.1, 0.15) is 24.8 Å². The zero-order valence-electron chi connectivity index (χ0n) is 15.5. The molecule has 1 fully saturated rings. The van der Waals surface area contributed by atoms with Crippen molar-refractivity contribution in [2.45, 2.75) is 37.1 Å². The normalized spacial score (nSPS) is 18.2. The maximum atomic E-state index is 13.1. The van der Waals surface area contributed by atoms with E-state index in [4.69, 9.17) is 0 Å². The number of hydrogen-bond donors (Lipinski definition) is 1. The van der Waals surface area contributed by atoms with Gasteiger partial charge in [-0.05, 0) is 44.0 Å². The van der Waals surface area contributed by atoms with E-state index in [1.54, 1.807) is 24.3 Å². The number of carbonyl (C=O) groups is 1. The van der Waals surface area contributed by atoms with Crippen LogP contribution in [0.15, 0.2) is 53.4 Å². The van der Waals surface area contributed by atoms with E-state index in [2.05, 4.69) is 10.3 Å². The number of fused-ring (bicyclic) bond motifs is 1. The third-order valence-corrected chi connectivity index (χ3v) is 7.78. The lowest BCUT2D eigenvalue weighted by atomic mass is 10.0. The summed E-state index contributed by atoms with van der Waals surface area (Å²) in [6.45, 7) is 2.25. The molecule has 0 spiro atoms. The molecule has 8 heteroatoms. The largest absolute Gasteiger partial charge is 0.301 e. The molecule has 1 amide bonds. The van der Waals surface area contributed by atoms with Crippen LogP contribution in [-0.2, 0) is 14.8 Å². The number of para-hydroxylation sites is 1. The highest BCUT2D eigenvalue weighted by Crippen LogP contribution is 2.29. The lowest BCUT2D eigenvalue weighted by molar-refractivity contribution is -0.120. The number of rotatable bonds is 4. The number of piperidine rings is 1. The van der Waals surface area contributed by atoms with Gasteiger partial charge in [-0.2, -0.15) is 4.31 Å². The first-order chi connectivity index (χ1) is 13.4. The number of amides is 1. The number of carbonyl (C=O) groups excluding carboxylic acids is 1. The van der Waals surface area contributed by atoms with Gasteiger partial charge in [0.05, 0.1) is 15.1 Å². The highest BCUT2D eigenvalue weighted by Gasteiger charge is 2.37. The summed E-state index contributed by atoms with van der Waals surface area (Å²) in [5, 5.41) is 3.32. The molecule has 6 nitrogen and oxygen atoms in total. The molecule has 1 aliphatic heterocycles. The quantitative estimate of drug-likeness (QED) is 0.703. The zero-order valence-corrected chi connectivity index (χ0v) is 17.1. The fraction of sp³-hybridized carbons (Fsp3) is 0.300. The van der Waals surface area contributed by atoms with E-state index in [-0.39, 0.29) is 10.8 Å². The van der Waals surface area contributed by atoms with Crippen molar-refractivity contribution in [3.63, 3.8) is 0 Å². The van der Waals surface area contributed by atoms with E-state index < -0.39 is 16.1 Å². The minimum Gasteiger partial charge on any atom is -0.301 e. The molecule has 2 heterocycles. The monoisotopic (exact) mass is 415 g/mol. The smallest absolute Gasteiger partial charge is 0.244 e. The highest BCUT2D eigenvalue weighted by molar-refractivity contribution is 7.89. The minimum absolute atomic E-state index is 0.220. The Morgan fingerprint density at radius 3 is 2.64 bits per heavy atom. The Bertz CT molecular complexity index is 1070. The van der Waals surface area contributed by atoms with Gasteiger partial charge in [0.15, 0.2) is 5.13 Å². The number of anilines is 1. The van der Waals surface area contributed by atoms with Crippen molar-refractivity contribution in [3.8, 4) is 0 Å². The molecule has 0 aliphatic carbocycles. The number of benzene rings is 2. The van der Waals surface area contributed by atoms with Crippen molar-refractivity contribution in [2.24, 2.45) is 0 Å². The summed E-state index contributed by atoms with van der Waals surface area (Å²) in [7, 11) is -3.73. The Morgan fingerprint density at radius 1 is 1.14 bits per heavy atom. The SMILES string of the molecule is Cc1ccc(S(=O)(=O)N2CCCC[C@@H]2C(=O)Nc2nc3ccccc3s2)cc1. The number of aromatic nitrogens is 1. The molecule has 4 rings (SSSR count). The molecule has 1 aliphatic rings. The minimum atomic E-state index is -3.73. The van der Waals surface area contributed by atoms with Gasteiger partial charge >= 0.3 is 0 Å². The second-order valence-corrected chi connectivity index (χ2v) is 9.84. The summed E-state index contributed by atoms with van der Waals surface area (Å²) in [6.07, 6.45) is 2.07. The number of hydrogen-bond acceptors (Lipinski definition) is 5. The lowest BCUT2D eigenvalue weighted by Gasteiger charge is -2.33. The van der Waals surface area contributed by atoms with Crippen molar-refractivity contribution in [1.29, 1.82) is 0 Å². The van der Waals surface area contributed by atoms with Crippen molar-refractivity contribution in [2.75, 3.05) is 11.9 Å². The van der Waals surface area contributed by atoms with Gasteiger partial charge in [-0.3, -0.25) is 4.79 Å². The van der Waals surface area contributed by atoms with Gasteiger partial charge in [0.2, 0.25) is 15.9 Å². The fourth-order valence-electron chi connectivity index (χ4n) is 3.41. The van der Waals surface area contributed by atoms with Crippen LogP contribution in [0.25, 0.3) is 10.2 Å². The summed E-state index contributed by atoms with van der Waals surface area (Å²) in [4.78, 5) is 17.6. The predicted molar refractivity (Wildman–Crippen MR) is 111 cm³/mol. The van der Waals surface area contributed by atoms with E-state index in [0.717, 1.165) is 28.6 Å². The Morgan fingerprint density at radius 2 is 1.89 bits per heavy atom. The molecule has 0 unspecified atom stereocenters. The third kappa shape index (κ3) is 3.67. The standard InChI is InChI=1S/C20H21N3O3S2/c1-14-9-11-15(12-10-14)28(25,26)23-13-5-4-7-17(23)19(24)22-20-21-16-6-2-3-8-18(16)27-20/h2-3,6,8-12,17H,4-5,7,13H2,1H3,(H,21,22,24)/t17-/m1/s1. The van der Waals surface area contributed by atoms with Crippen LogP contribution >= 0.6 is 11.3 Å². The highest BCUT2D eigenvalue weighted by atomic mass is 32.2. The molecular formula is C20H21N3O3S2. The zero-order chi connectivity index (χ0) is 19.7. The second kappa shape index (κ2) is 7.62. The van der Waals surface area contributed by atoms with E-state index in [1.807, 2.05) is 31.2 Å². The number of sulfonamides is 1. The first kappa shape index (κ1) is 19.0. The molecule has 28 heavy (non-hydrogen) atoms. The summed E-state index contributed by atoms with van der Waals surface area (Å²) in [6, 6.07) is 13.7. The molecule has 146 valence electrons. The molecule has 1 N–H and O–H groups in total. The Kier molecular flexibility index (Phi) is 5.18. The maximum absolute atomic E-state index is 13.1. The molecular weight excluding hydrogens is 394 g/mol. The first-order valence-corrected chi connectivity index (χ1v) is 11.5. The van der Waals surface area contributed by atoms with Crippen molar-refractivity contribution < 1.29 is 13.2 Å². The second-order valence-electron chi connectivity index (χ2n) is 6.92. The molecule has 1 saturated heterocycles. The predicted octanol–water partition coefficient (Wildman–Crippen LogP) is 3.79. The van der Waals surface area contributed by atoms with Gasteiger partial charge in [0.25, 0.3) is 0 Å². The number of aryl methyl sites for hydroxylation is 1. The summed E-state index contributed by atoms with van der Waals surface area (Å²) in [5.41, 5.74) is 1.80. The average molecular weight is 416 g/mol. The molecule has 1 aromatic heterocycles. The van der Waals surface area contributed by atoms with Crippen LogP contribution in [0.3, 0.4) is 0 Å². The number of nitrogens with zero attached hydrogens (tertiary/aromatic N) is 2. The molecule has 0 bridgehead atoms. The Labute approximate surface area is 168 Å². The first-order valence-electron chi connectivity index (χ1n) is 9.20. The Hall–Kier alpha value is -2.29. The molecule has 2 aromatic carbocycles. The van der Waals surface area contributed by atoms with Crippen LogP contribution in [0.2, 0.25) is 0 Å². The van der Waals surface area contributed by atoms with Crippen LogP contribution in [0, 0.1) is 6.92 Å². The van der Waals surface area contributed by atoms with Crippen LogP contribution < -0.4 is 5.32 Å². The van der Waals surface area contributed by atoms with E-state index in [1.165, 1.54) is 15.6 Å². The number of nitrogens with one attached hydrogen (secondary N) is 1. The van der Waals surface area contributed by atoms with Gasteiger partial charge < -0.3 is 5.32 Å². The fourth-order valence-corrected chi connectivity index (χ4v) is 5.94.